The molecule has 0 aromatic heterocycles. The van der Waals surface area contributed by atoms with Crippen molar-refractivity contribution in [3.05, 3.63) is 59.9 Å². The van der Waals surface area contributed by atoms with Crippen molar-refractivity contribution in [3.63, 3.8) is 0 Å². The van der Waals surface area contributed by atoms with E-state index in [1.54, 1.807) is 17.0 Å². The molecular weight excluding hydrogens is 469 g/mol. The number of halogens is 1. The van der Waals surface area contributed by atoms with E-state index in [1.165, 1.54) is 45.0 Å². The average Bonchev–Trinajstić information content (AvgIpc) is 3.37. The molecule has 0 unspecified atom stereocenters. The van der Waals surface area contributed by atoms with Gasteiger partial charge < -0.3 is 4.90 Å². The Bertz CT molecular complexity index is 1200. The number of hydrogen-bond donors (Lipinski definition) is 0. The summed E-state index contributed by atoms with van der Waals surface area (Å²) in [6, 6.07) is 11.0. The van der Waals surface area contributed by atoms with Crippen molar-refractivity contribution in [3.8, 4) is 0 Å². The number of carbonyl (C=O) groups is 1. The van der Waals surface area contributed by atoms with Gasteiger partial charge >= 0.3 is 0 Å². The quantitative estimate of drug-likeness (QED) is 0.608. The maximum Gasteiger partial charge on any atom is 0.243 e. The summed E-state index contributed by atoms with van der Waals surface area (Å²) in [4.78, 5) is 14.2. The highest BCUT2D eigenvalue weighted by atomic mass is 32.2. The molecule has 2 aliphatic rings. The summed E-state index contributed by atoms with van der Waals surface area (Å²) in [6.45, 7) is 1.75. The molecule has 4 rings (SSSR count). The van der Waals surface area contributed by atoms with Gasteiger partial charge in [0.15, 0.2) is 0 Å². The normalized spacial score (nSPS) is 18.5. The van der Waals surface area contributed by atoms with Crippen LogP contribution in [-0.2, 0) is 31.3 Å². The van der Waals surface area contributed by atoms with Gasteiger partial charge in [-0.3, -0.25) is 4.79 Å². The van der Waals surface area contributed by atoms with Crippen LogP contribution in [0.25, 0.3) is 0 Å². The third kappa shape index (κ3) is 5.11. The van der Waals surface area contributed by atoms with E-state index >= 15 is 0 Å². The lowest BCUT2D eigenvalue weighted by molar-refractivity contribution is -0.131. The topological polar surface area (TPSA) is 95.1 Å². The fourth-order valence-electron chi connectivity index (χ4n) is 4.08. The molecule has 0 aliphatic carbocycles. The van der Waals surface area contributed by atoms with Crippen LogP contribution in [0, 0.1) is 5.82 Å². The van der Waals surface area contributed by atoms with Gasteiger partial charge in [0, 0.05) is 39.3 Å². The predicted molar refractivity (Wildman–Crippen MR) is 120 cm³/mol. The Labute approximate surface area is 193 Å². The smallest absolute Gasteiger partial charge is 0.243 e. The summed E-state index contributed by atoms with van der Waals surface area (Å²) in [5, 5.41) is 0. The summed E-state index contributed by atoms with van der Waals surface area (Å²) < 4.78 is 67.1. The molecule has 2 aromatic rings. The number of nitrogens with zero attached hydrogens (tertiary/aromatic N) is 3. The second kappa shape index (κ2) is 9.49. The van der Waals surface area contributed by atoms with Gasteiger partial charge in [-0.25, -0.2) is 21.2 Å². The lowest BCUT2D eigenvalue weighted by atomic mass is 10.1. The second-order valence-corrected chi connectivity index (χ2v) is 12.0. The highest BCUT2D eigenvalue weighted by molar-refractivity contribution is 7.89. The van der Waals surface area contributed by atoms with E-state index in [0.717, 1.165) is 12.8 Å². The fraction of sp³-hybridized carbons (Fsp3) is 0.409. The molecule has 178 valence electrons. The number of sulfonamides is 2. The van der Waals surface area contributed by atoms with Crippen LogP contribution in [0.5, 0.6) is 0 Å². The second-order valence-electron chi connectivity index (χ2n) is 8.17. The Morgan fingerprint density at radius 3 is 1.64 bits per heavy atom. The van der Waals surface area contributed by atoms with Crippen molar-refractivity contribution in [2.45, 2.75) is 29.1 Å². The van der Waals surface area contributed by atoms with E-state index in [1.807, 2.05) is 0 Å². The molecule has 0 atom stereocenters. The fourth-order valence-corrected chi connectivity index (χ4v) is 7.02. The molecule has 8 nitrogen and oxygen atoms in total. The zero-order chi connectivity index (χ0) is 23.6. The maximum absolute atomic E-state index is 13.0. The molecule has 2 saturated heterocycles. The van der Waals surface area contributed by atoms with Gasteiger partial charge in [0.05, 0.1) is 16.2 Å². The highest BCUT2D eigenvalue weighted by Crippen LogP contribution is 2.24. The van der Waals surface area contributed by atoms with Crippen LogP contribution in [0.15, 0.2) is 58.3 Å². The lowest BCUT2D eigenvalue weighted by Crippen LogP contribution is -2.50. The Hall–Kier alpha value is -2.34. The molecule has 0 bridgehead atoms. The minimum absolute atomic E-state index is 0.0222. The Kier molecular flexibility index (Phi) is 6.85. The van der Waals surface area contributed by atoms with Crippen LogP contribution in [0.2, 0.25) is 0 Å². The number of hydrogen-bond acceptors (Lipinski definition) is 5. The van der Waals surface area contributed by atoms with E-state index in [2.05, 4.69) is 0 Å². The van der Waals surface area contributed by atoms with E-state index in [-0.39, 0.29) is 54.1 Å². The summed E-state index contributed by atoms with van der Waals surface area (Å²) in [7, 11) is -7.42. The van der Waals surface area contributed by atoms with Crippen LogP contribution in [0.4, 0.5) is 4.39 Å². The van der Waals surface area contributed by atoms with Crippen LogP contribution < -0.4 is 0 Å². The number of piperazine rings is 1. The molecule has 2 fully saturated rings. The van der Waals surface area contributed by atoms with Crippen molar-refractivity contribution in [1.82, 2.24) is 13.5 Å². The van der Waals surface area contributed by atoms with Gasteiger partial charge in [-0.2, -0.15) is 8.61 Å². The zero-order valence-electron chi connectivity index (χ0n) is 18.1. The molecule has 0 radical (unpaired) electrons. The molecular formula is C22H26FN3O5S2. The van der Waals surface area contributed by atoms with Gasteiger partial charge in [-0.05, 0) is 54.8 Å². The number of rotatable bonds is 6. The summed E-state index contributed by atoms with van der Waals surface area (Å²) in [5.41, 5.74) is 0.695. The Morgan fingerprint density at radius 1 is 0.697 bits per heavy atom. The van der Waals surface area contributed by atoms with Crippen molar-refractivity contribution in [2.24, 2.45) is 0 Å². The van der Waals surface area contributed by atoms with Crippen LogP contribution >= 0.6 is 0 Å². The van der Waals surface area contributed by atoms with Crippen molar-refractivity contribution < 1.29 is 26.0 Å². The maximum atomic E-state index is 13.0. The van der Waals surface area contributed by atoms with E-state index in [0.29, 0.717) is 18.7 Å². The van der Waals surface area contributed by atoms with E-state index in [4.69, 9.17) is 0 Å². The Balaban J connectivity index is 1.38. The summed E-state index contributed by atoms with van der Waals surface area (Å²) >= 11 is 0. The third-order valence-electron chi connectivity index (χ3n) is 6.02. The molecule has 0 spiro atoms. The molecule has 0 saturated carbocycles. The lowest BCUT2D eigenvalue weighted by Gasteiger charge is -2.34. The van der Waals surface area contributed by atoms with E-state index < -0.39 is 20.0 Å². The summed E-state index contributed by atoms with van der Waals surface area (Å²) in [5.74, 6) is -0.512. The zero-order valence-corrected chi connectivity index (χ0v) is 19.7. The first-order chi connectivity index (χ1) is 15.7. The van der Waals surface area contributed by atoms with Crippen molar-refractivity contribution in [2.75, 3.05) is 39.3 Å². The third-order valence-corrected chi connectivity index (χ3v) is 9.85. The number of benzene rings is 2. The van der Waals surface area contributed by atoms with Gasteiger partial charge in [-0.15, -0.1) is 0 Å². The summed E-state index contributed by atoms with van der Waals surface area (Å²) in [6.07, 6.45) is 1.77. The van der Waals surface area contributed by atoms with Gasteiger partial charge in [0.25, 0.3) is 0 Å². The van der Waals surface area contributed by atoms with E-state index in [9.17, 15) is 26.0 Å². The largest absolute Gasteiger partial charge is 0.340 e. The Morgan fingerprint density at radius 2 is 1.15 bits per heavy atom. The molecule has 1 amide bonds. The first-order valence-corrected chi connectivity index (χ1v) is 13.7. The highest BCUT2D eigenvalue weighted by Gasteiger charge is 2.31. The van der Waals surface area contributed by atoms with Crippen molar-refractivity contribution >= 4 is 26.0 Å². The average molecular weight is 496 g/mol. The molecule has 2 heterocycles. The molecule has 33 heavy (non-hydrogen) atoms. The van der Waals surface area contributed by atoms with Crippen LogP contribution in [0.1, 0.15) is 18.4 Å². The molecule has 2 aromatic carbocycles. The predicted octanol–water partition coefficient (Wildman–Crippen LogP) is 1.69. The van der Waals surface area contributed by atoms with Gasteiger partial charge in [-0.1, -0.05) is 12.1 Å². The minimum atomic E-state index is -3.81. The van der Waals surface area contributed by atoms with Crippen molar-refractivity contribution in [1.29, 1.82) is 0 Å². The molecule has 11 heteroatoms. The first-order valence-electron chi connectivity index (χ1n) is 10.8. The van der Waals surface area contributed by atoms with Crippen LogP contribution in [-0.4, -0.2) is 75.5 Å². The van der Waals surface area contributed by atoms with Gasteiger partial charge in [0.2, 0.25) is 26.0 Å². The van der Waals surface area contributed by atoms with Gasteiger partial charge in [0.1, 0.15) is 5.82 Å². The molecule has 2 aliphatic heterocycles. The standard InChI is InChI=1S/C22H26FN3O5S2/c23-19-5-3-18(4-6-19)17-22(27)24-13-15-26(16-14-24)33(30,31)21-9-7-20(8-10-21)32(28,29)25-11-1-2-12-25/h3-10H,1-2,11-17H2. The number of amides is 1. The minimum Gasteiger partial charge on any atom is -0.340 e. The molecule has 0 N–H and O–H groups in total. The van der Waals surface area contributed by atoms with Crippen LogP contribution in [0.3, 0.4) is 0 Å². The SMILES string of the molecule is O=C(Cc1ccc(F)cc1)N1CCN(S(=O)(=O)c2ccc(S(=O)(=O)N3CCCC3)cc2)CC1. The first kappa shape index (κ1) is 23.8. The monoisotopic (exact) mass is 495 g/mol. The number of carbonyl (C=O) groups excluding carboxylic acids is 1.